The second-order valence-electron chi connectivity index (χ2n) is 4.96. The Morgan fingerprint density at radius 3 is 2.53 bits per heavy atom. The summed E-state index contributed by atoms with van der Waals surface area (Å²) in [6.45, 7) is 2.10. The van der Waals surface area contributed by atoms with Gasteiger partial charge in [0.15, 0.2) is 0 Å². The molecule has 1 atom stereocenters. The number of nitrogens with zero attached hydrogens (tertiary/aromatic N) is 3. The predicted molar refractivity (Wildman–Crippen MR) is 70.0 cm³/mol. The molecule has 2 rings (SSSR count). The number of nitrogens with two attached hydrogens (primary N) is 1. The summed E-state index contributed by atoms with van der Waals surface area (Å²) in [6.07, 6.45) is 9.54. The van der Waals surface area contributed by atoms with E-state index in [1.165, 1.54) is 19.3 Å². The van der Waals surface area contributed by atoms with Crippen molar-refractivity contribution in [1.29, 1.82) is 0 Å². The van der Waals surface area contributed by atoms with Gasteiger partial charge in [-0.2, -0.15) is 0 Å². The van der Waals surface area contributed by atoms with Gasteiger partial charge in [-0.3, -0.25) is 0 Å². The van der Waals surface area contributed by atoms with E-state index in [1.807, 2.05) is 12.4 Å². The normalized spacial score (nSPS) is 17.6. The molecular formula is C13H22N4. The maximum atomic E-state index is 5.92. The fraction of sp³-hybridized carbons (Fsp3) is 0.692. The van der Waals surface area contributed by atoms with Crippen molar-refractivity contribution in [2.24, 2.45) is 5.73 Å². The zero-order chi connectivity index (χ0) is 12.3. The van der Waals surface area contributed by atoms with Gasteiger partial charge in [0, 0.05) is 31.5 Å². The summed E-state index contributed by atoms with van der Waals surface area (Å²) in [5.74, 6) is 0.837. The summed E-state index contributed by atoms with van der Waals surface area (Å²) in [5.41, 5.74) is 7.05. The molecule has 0 amide bonds. The van der Waals surface area contributed by atoms with Crippen LogP contribution in [0, 0.1) is 0 Å². The van der Waals surface area contributed by atoms with Gasteiger partial charge >= 0.3 is 0 Å². The van der Waals surface area contributed by atoms with Crippen molar-refractivity contribution in [3.05, 3.63) is 18.0 Å². The largest absolute Gasteiger partial charge is 0.341 e. The Balaban J connectivity index is 1.97. The second-order valence-corrected chi connectivity index (χ2v) is 4.96. The molecule has 1 unspecified atom stereocenters. The molecule has 2 N–H and O–H groups in total. The Bertz CT molecular complexity index is 345. The lowest BCUT2D eigenvalue weighted by atomic mass is 9.92. The standard InChI is InChI=1S/C13H22N4/c1-3-11(14)7-10-8-15-13(16-9-10)17(2)12-5-4-6-12/h8-9,11-12H,3-7,14H2,1-2H3. The summed E-state index contributed by atoms with van der Waals surface area (Å²) in [6, 6.07) is 0.854. The van der Waals surface area contributed by atoms with Crippen LogP contribution in [-0.4, -0.2) is 29.1 Å². The molecule has 1 heterocycles. The van der Waals surface area contributed by atoms with Gasteiger partial charge < -0.3 is 10.6 Å². The van der Waals surface area contributed by atoms with Crippen molar-refractivity contribution in [3.8, 4) is 0 Å². The Hall–Kier alpha value is -1.16. The van der Waals surface area contributed by atoms with Gasteiger partial charge in [0.25, 0.3) is 0 Å². The first-order valence-corrected chi connectivity index (χ1v) is 6.50. The van der Waals surface area contributed by atoms with Crippen molar-refractivity contribution in [2.45, 2.75) is 51.1 Å². The molecule has 1 aliphatic carbocycles. The predicted octanol–water partition coefficient (Wildman–Crippen LogP) is 1.75. The first-order valence-electron chi connectivity index (χ1n) is 6.50. The van der Waals surface area contributed by atoms with E-state index >= 15 is 0 Å². The monoisotopic (exact) mass is 234 g/mol. The Morgan fingerprint density at radius 1 is 1.41 bits per heavy atom. The van der Waals surface area contributed by atoms with Crippen LogP contribution in [0.1, 0.15) is 38.2 Å². The minimum absolute atomic E-state index is 0.216. The first-order chi connectivity index (χ1) is 8.20. The van der Waals surface area contributed by atoms with Crippen LogP contribution in [0.2, 0.25) is 0 Å². The van der Waals surface area contributed by atoms with Crippen molar-refractivity contribution < 1.29 is 0 Å². The molecule has 94 valence electrons. The third-order valence-electron chi connectivity index (χ3n) is 3.65. The van der Waals surface area contributed by atoms with Crippen LogP contribution in [-0.2, 0) is 6.42 Å². The summed E-state index contributed by atoms with van der Waals surface area (Å²) < 4.78 is 0. The van der Waals surface area contributed by atoms with Crippen LogP contribution in [0.4, 0.5) is 5.95 Å². The number of hydrogen-bond donors (Lipinski definition) is 1. The van der Waals surface area contributed by atoms with Gasteiger partial charge in [-0.15, -0.1) is 0 Å². The smallest absolute Gasteiger partial charge is 0.225 e. The lowest BCUT2D eigenvalue weighted by Gasteiger charge is -2.34. The van der Waals surface area contributed by atoms with E-state index in [0.717, 1.165) is 24.4 Å². The highest BCUT2D eigenvalue weighted by molar-refractivity contribution is 5.31. The molecule has 1 aromatic heterocycles. The lowest BCUT2D eigenvalue weighted by Crippen LogP contribution is -2.38. The van der Waals surface area contributed by atoms with Crippen LogP contribution in [0.3, 0.4) is 0 Å². The van der Waals surface area contributed by atoms with E-state index in [4.69, 9.17) is 5.73 Å². The highest BCUT2D eigenvalue weighted by atomic mass is 15.3. The van der Waals surface area contributed by atoms with Gasteiger partial charge in [0.05, 0.1) is 0 Å². The minimum atomic E-state index is 0.216. The Kier molecular flexibility index (Phi) is 3.94. The molecule has 0 radical (unpaired) electrons. The molecule has 1 saturated carbocycles. The quantitative estimate of drug-likeness (QED) is 0.843. The Morgan fingerprint density at radius 2 is 2.06 bits per heavy atom. The van der Waals surface area contributed by atoms with Crippen LogP contribution < -0.4 is 10.6 Å². The fourth-order valence-electron chi connectivity index (χ4n) is 2.02. The lowest BCUT2D eigenvalue weighted by molar-refractivity contribution is 0.397. The average molecular weight is 234 g/mol. The molecule has 0 saturated heterocycles. The summed E-state index contributed by atoms with van der Waals surface area (Å²) in [5, 5.41) is 0. The van der Waals surface area contributed by atoms with Crippen LogP contribution in [0.25, 0.3) is 0 Å². The van der Waals surface area contributed by atoms with E-state index in [1.54, 1.807) is 0 Å². The maximum Gasteiger partial charge on any atom is 0.225 e. The van der Waals surface area contributed by atoms with Gasteiger partial charge in [0.1, 0.15) is 0 Å². The van der Waals surface area contributed by atoms with E-state index in [-0.39, 0.29) is 6.04 Å². The SMILES string of the molecule is CCC(N)Cc1cnc(N(C)C2CCC2)nc1. The highest BCUT2D eigenvalue weighted by Gasteiger charge is 2.23. The molecule has 4 nitrogen and oxygen atoms in total. The molecule has 1 aromatic rings. The molecule has 1 aliphatic rings. The third-order valence-corrected chi connectivity index (χ3v) is 3.65. The fourth-order valence-corrected chi connectivity index (χ4v) is 2.02. The van der Waals surface area contributed by atoms with Crippen LogP contribution in [0.15, 0.2) is 12.4 Å². The van der Waals surface area contributed by atoms with Gasteiger partial charge in [-0.1, -0.05) is 6.92 Å². The van der Waals surface area contributed by atoms with Gasteiger partial charge in [-0.05, 0) is 37.7 Å². The van der Waals surface area contributed by atoms with Crippen molar-refractivity contribution in [2.75, 3.05) is 11.9 Å². The molecule has 0 aliphatic heterocycles. The van der Waals surface area contributed by atoms with E-state index in [0.29, 0.717) is 6.04 Å². The van der Waals surface area contributed by atoms with E-state index in [9.17, 15) is 0 Å². The molecule has 0 aromatic carbocycles. The molecular weight excluding hydrogens is 212 g/mol. The topological polar surface area (TPSA) is 55.0 Å². The summed E-state index contributed by atoms with van der Waals surface area (Å²) in [7, 11) is 2.08. The van der Waals surface area contributed by atoms with Gasteiger partial charge in [-0.25, -0.2) is 9.97 Å². The molecule has 0 spiro atoms. The van der Waals surface area contributed by atoms with Crippen LogP contribution >= 0.6 is 0 Å². The average Bonchev–Trinajstić information content (AvgIpc) is 2.27. The maximum absolute atomic E-state index is 5.92. The van der Waals surface area contributed by atoms with Crippen molar-refractivity contribution in [3.63, 3.8) is 0 Å². The molecule has 0 bridgehead atoms. The zero-order valence-corrected chi connectivity index (χ0v) is 10.8. The minimum Gasteiger partial charge on any atom is -0.341 e. The number of rotatable bonds is 5. The van der Waals surface area contributed by atoms with Crippen molar-refractivity contribution >= 4 is 5.95 Å². The molecule has 4 heteroatoms. The number of hydrogen-bond acceptors (Lipinski definition) is 4. The first kappa shape index (κ1) is 12.3. The van der Waals surface area contributed by atoms with Gasteiger partial charge in [0.2, 0.25) is 5.95 Å². The highest BCUT2D eigenvalue weighted by Crippen LogP contribution is 2.25. The summed E-state index contributed by atoms with van der Waals surface area (Å²) in [4.78, 5) is 11.0. The number of aromatic nitrogens is 2. The van der Waals surface area contributed by atoms with E-state index < -0.39 is 0 Å². The molecule has 17 heavy (non-hydrogen) atoms. The third kappa shape index (κ3) is 2.94. The zero-order valence-electron chi connectivity index (χ0n) is 10.8. The molecule has 1 fully saturated rings. The van der Waals surface area contributed by atoms with Crippen LogP contribution in [0.5, 0.6) is 0 Å². The van der Waals surface area contributed by atoms with E-state index in [2.05, 4.69) is 28.8 Å². The summed E-state index contributed by atoms with van der Waals surface area (Å²) >= 11 is 0. The number of anilines is 1. The Labute approximate surface area is 103 Å². The second kappa shape index (κ2) is 5.45. The van der Waals surface area contributed by atoms with Crippen molar-refractivity contribution in [1.82, 2.24) is 9.97 Å².